The summed E-state index contributed by atoms with van der Waals surface area (Å²) >= 11 is 0. The molecule has 1 aromatic heterocycles. The summed E-state index contributed by atoms with van der Waals surface area (Å²) in [6.07, 6.45) is 3.75. The first-order valence-corrected chi connectivity index (χ1v) is 4.26. The Labute approximate surface area is 77.7 Å². The van der Waals surface area contributed by atoms with Crippen LogP contribution in [0.15, 0.2) is 12.4 Å². The van der Waals surface area contributed by atoms with Gasteiger partial charge in [0.25, 0.3) is 0 Å². The molecule has 13 heavy (non-hydrogen) atoms. The third kappa shape index (κ3) is 3.73. The largest absolute Gasteiger partial charge is 0.323 e. The molecule has 0 unspecified atom stereocenters. The van der Waals surface area contributed by atoms with Gasteiger partial charge in [-0.1, -0.05) is 20.8 Å². The van der Waals surface area contributed by atoms with Crippen LogP contribution in [0, 0.1) is 5.41 Å². The maximum atomic E-state index is 11.4. The van der Waals surface area contributed by atoms with Gasteiger partial charge in [-0.25, -0.2) is 0 Å². The van der Waals surface area contributed by atoms with Gasteiger partial charge in [0.1, 0.15) is 0 Å². The number of hydrogen-bond acceptors (Lipinski definition) is 2. The van der Waals surface area contributed by atoms with Crippen molar-refractivity contribution in [3.8, 4) is 0 Å². The number of carbonyl (C=O) groups excluding carboxylic acids is 1. The molecular weight excluding hydrogens is 166 g/mol. The van der Waals surface area contributed by atoms with Gasteiger partial charge < -0.3 is 5.32 Å². The highest BCUT2D eigenvalue weighted by Crippen LogP contribution is 2.19. The smallest absolute Gasteiger partial charge is 0.224 e. The minimum Gasteiger partial charge on any atom is -0.323 e. The lowest BCUT2D eigenvalue weighted by Gasteiger charge is -2.16. The van der Waals surface area contributed by atoms with E-state index < -0.39 is 0 Å². The molecule has 72 valence electrons. The molecule has 0 fully saturated rings. The van der Waals surface area contributed by atoms with E-state index in [9.17, 15) is 4.79 Å². The lowest BCUT2D eigenvalue weighted by molar-refractivity contribution is -0.117. The Morgan fingerprint density at radius 1 is 1.62 bits per heavy atom. The third-order valence-electron chi connectivity index (χ3n) is 1.47. The zero-order valence-corrected chi connectivity index (χ0v) is 8.22. The van der Waals surface area contributed by atoms with Crippen LogP contribution in [-0.2, 0) is 4.79 Å². The number of nitrogens with zero attached hydrogens (tertiary/aromatic N) is 1. The van der Waals surface area contributed by atoms with Gasteiger partial charge in [0.2, 0.25) is 5.91 Å². The molecule has 0 aliphatic carbocycles. The predicted molar refractivity (Wildman–Crippen MR) is 51.3 cm³/mol. The number of amides is 1. The van der Waals surface area contributed by atoms with Crippen molar-refractivity contribution >= 4 is 11.6 Å². The molecule has 1 amide bonds. The summed E-state index contributed by atoms with van der Waals surface area (Å²) in [6.45, 7) is 6.09. The van der Waals surface area contributed by atoms with E-state index in [0.717, 1.165) is 0 Å². The van der Waals surface area contributed by atoms with Crippen molar-refractivity contribution in [3.63, 3.8) is 0 Å². The highest BCUT2D eigenvalue weighted by molar-refractivity contribution is 5.90. The Balaban J connectivity index is 2.43. The summed E-state index contributed by atoms with van der Waals surface area (Å²) in [4.78, 5) is 11.4. The number of aromatic nitrogens is 2. The molecule has 0 atom stereocenters. The van der Waals surface area contributed by atoms with Crippen molar-refractivity contribution < 1.29 is 4.79 Å². The molecule has 0 saturated heterocycles. The first kappa shape index (κ1) is 9.77. The Kier molecular flexibility index (Phi) is 2.70. The summed E-state index contributed by atoms with van der Waals surface area (Å²) < 4.78 is 0. The van der Waals surface area contributed by atoms with Crippen LogP contribution in [0.2, 0.25) is 0 Å². The summed E-state index contributed by atoms with van der Waals surface area (Å²) in [5.41, 5.74) is 0.739. The maximum Gasteiger partial charge on any atom is 0.224 e. The van der Waals surface area contributed by atoms with E-state index >= 15 is 0 Å². The van der Waals surface area contributed by atoms with Crippen molar-refractivity contribution in [1.29, 1.82) is 0 Å². The zero-order valence-electron chi connectivity index (χ0n) is 8.22. The van der Waals surface area contributed by atoms with E-state index in [1.807, 2.05) is 20.8 Å². The molecule has 1 aromatic rings. The van der Waals surface area contributed by atoms with Crippen LogP contribution in [0.1, 0.15) is 27.2 Å². The normalized spacial score (nSPS) is 11.3. The highest BCUT2D eigenvalue weighted by Gasteiger charge is 2.15. The van der Waals surface area contributed by atoms with Gasteiger partial charge in [-0.3, -0.25) is 9.89 Å². The monoisotopic (exact) mass is 181 g/mol. The highest BCUT2D eigenvalue weighted by atomic mass is 16.1. The van der Waals surface area contributed by atoms with E-state index in [1.165, 1.54) is 0 Å². The molecule has 1 rings (SSSR count). The molecule has 0 aliphatic rings. The Hall–Kier alpha value is -1.32. The van der Waals surface area contributed by atoms with Gasteiger partial charge in [0.15, 0.2) is 0 Å². The van der Waals surface area contributed by atoms with Crippen LogP contribution < -0.4 is 5.32 Å². The number of rotatable bonds is 2. The lowest BCUT2D eigenvalue weighted by atomic mass is 9.92. The minimum absolute atomic E-state index is 0.0216. The van der Waals surface area contributed by atoms with Crippen molar-refractivity contribution in [2.24, 2.45) is 5.41 Å². The van der Waals surface area contributed by atoms with Gasteiger partial charge in [-0.2, -0.15) is 5.10 Å². The second-order valence-electron chi connectivity index (χ2n) is 4.27. The molecule has 0 spiro atoms. The summed E-state index contributed by atoms with van der Waals surface area (Å²) in [5, 5.41) is 9.11. The van der Waals surface area contributed by atoms with Gasteiger partial charge in [-0.05, 0) is 5.41 Å². The van der Waals surface area contributed by atoms with Crippen LogP contribution in [0.4, 0.5) is 5.69 Å². The van der Waals surface area contributed by atoms with Crippen molar-refractivity contribution in [2.45, 2.75) is 27.2 Å². The topological polar surface area (TPSA) is 57.8 Å². The molecule has 0 bridgehead atoms. The number of carbonyl (C=O) groups is 1. The van der Waals surface area contributed by atoms with Crippen LogP contribution in [0.5, 0.6) is 0 Å². The van der Waals surface area contributed by atoms with E-state index in [-0.39, 0.29) is 11.3 Å². The van der Waals surface area contributed by atoms with E-state index in [4.69, 9.17) is 0 Å². The lowest BCUT2D eigenvalue weighted by Crippen LogP contribution is -2.19. The average Bonchev–Trinajstić information content (AvgIpc) is 2.34. The number of nitrogens with one attached hydrogen (secondary N) is 2. The molecule has 0 aliphatic heterocycles. The second-order valence-corrected chi connectivity index (χ2v) is 4.27. The molecular formula is C9H15N3O. The zero-order chi connectivity index (χ0) is 9.90. The first-order valence-electron chi connectivity index (χ1n) is 4.26. The van der Waals surface area contributed by atoms with Crippen molar-refractivity contribution in [1.82, 2.24) is 10.2 Å². The second kappa shape index (κ2) is 3.60. The van der Waals surface area contributed by atoms with Gasteiger partial charge in [-0.15, -0.1) is 0 Å². The van der Waals surface area contributed by atoms with Crippen LogP contribution in [0.3, 0.4) is 0 Å². The number of anilines is 1. The molecule has 4 nitrogen and oxygen atoms in total. The fourth-order valence-electron chi connectivity index (χ4n) is 1.01. The van der Waals surface area contributed by atoms with E-state index in [0.29, 0.717) is 12.1 Å². The number of H-pyrrole nitrogens is 1. The van der Waals surface area contributed by atoms with E-state index in [2.05, 4.69) is 15.5 Å². The predicted octanol–water partition coefficient (Wildman–Crippen LogP) is 1.78. The Morgan fingerprint density at radius 3 is 2.77 bits per heavy atom. The molecule has 4 heteroatoms. The molecule has 1 heterocycles. The van der Waals surface area contributed by atoms with Crippen molar-refractivity contribution in [3.05, 3.63) is 12.4 Å². The van der Waals surface area contributed by atoms with Crippen LogP contribution in [0.25, 0.3) is 0 Å². The summed E-state index contributed by atoms with van der Waals surface area (Å²) in [5.74, 6) is 0.0221. The Morgan fingerprint density at radius 2 is 2.31 bits per heavy atom. The quantitative estimate of drug-likeness (QED) is 0.730. The van der Waals surface area contributed by atoms with Crippen molar-refractivity contribution in [2.75, 3.05) is 5.32 Å². The molecule has 0 radical (unpaired) electrons. The molecule has 2 N–H and O–H groups in total. The SMILES string of the molecule is CC(C)(C)CC(=O)Nc1cn[nH]c1. The standard InChI is InChI=1S/C9H15N3O/c1-9(2,3)4-8(13)12-7-5-10-11-6-7/h5-6H,4H2,1-3H3,(H,10,11)(H,12,13). The van der Waals surface area contributed by atoms with Crippen LogP contribution >= 0.6 is 0 Å². The Bertz CT molecular complexity index is 272. The van der Waals surface area contributed by atoms with E-state index in [1.54, 1.807) is 12.4 Å². The van der Waals surface area contributed by atoms with Crippen LogP contribution in [-0.4, -0.2) is 16.1 Å². The number of hydrogen-bond donors (Lipinski definition) is 2. The minimum atomic E-state index is 0.0216. The molecule has 0 aromatic carbocycles. The van der Waals surface area contributed by atoms with Gasteiger partial charge in [0, 0.05) is 12.6 Å². The summed E-state index contributed by atoms with van der Waals surface area (Å²) in [6, 6.07) is 0. The number of aromatic amines is 1. The van der Waals surface area contributed by atoms with Gasteiger partial charge in [0.05, 0.1) is 11.9 Å². The average molecular weight is 181 g/mol. The summed E-state index contributed by atoms with van der Waals surface area (Å²) in [7, 11) is 0. The third-order valence-corrected chi connectivity index (χ3v) is 1.47. The molecule has 0 saturated carbocycles. The van der Waals surface area contributed by atoms with Gasteiger partial charge >= 0.3 is 0 Å². The maximum absolute atomic E-state index is 11.4. The first-order chi connectivity index (χ1) is 5.97. The fourth-order valence-corrected chi connectivity index (χ4v) is 1.01. The fraction of sp³-hybridized carbons (Fsp3) is 0.556.